The molecule has 1 rings (SSSR count). The topological polar surface area (TPSA) is 46.3 Å². The monoisotopic (exact) mass is 155 g/mol. The Hall–Kier alpha value is -0.830. The molecule has 0 saturated carbocycles. The van der Waals surface area contributed by atoms with Crippen molar-refractivity contribution in [1.29, 1.82) is 0 Å². The molecule has 0 aliphatic heterocycles. The fourth-order valence-corrected chi connectivity index (χ4v) is 0.766. The Morgan fingerprint density at radius 2 is 2.27 bits per heavy atom. The number of aromatic nitrogens is 1. The summed E-state index contributed by atoms with van der Waals surface area (Å²) in [6.07, 6.45) is 0. The van der Waals surface area contributed by atoms with Gasteiger partial charge in [-0.05, 0) is 6.92 Å². The smallest absolute Gasteiger partial charge is 0.133 e. The molecule has 11 heavy (non-hydrogen) atoms. The standard InChI is InChI=1S/C8H13NO2/c1-6-4-7(9-11-6)8(2,3)5-10/h4,10H,5H2,1-3H3. The van der Waals surface area contributed by atoms with Crippen LogP contribution in [0.4, 0.5) is 0 Å². The Kier molecular flexibility index (Phi) is 2.00. The first-order valence-corrected chi connectivity index (χ1v) is 3.61. The van der Waals surface area contributed by atoms with Gasteiger partial charge in [0.15, 0.2) is 0 Å². The lowest BCUT2D eigenvalue weighted by Crippen LogP contribution is -2.22. The van der Waals surface area contributed by atoms with Gasteiger partial charge in [-0.25, -0.2) is 0 Å². The number of hydrogen-bond acceptors (Lipinski definition) is 3. The lowest BCUT2D eigenvalue weighted by molar-refractivity contribution is 0.210. The van der Waals surface area contributed by atoms with E-state index in [1.165, 1.54) is 0 Å². The average Bonchev–Trinajstić information content (AvgIpc) is 2.36. The van der Waals surface area contributed by atoms with Gasteiger partial charge in [-0.3, -0.25) is 0 Å². The van der Waals surface area contributed by atoms with Gasteiger partial charge in [-0.1, -0.05) is 19.0 Å². The van der Waals surface area contributed by atoms with Crippen molar-refractivity contribution in [2.24, 2.45) is 0 Å². The van der Waals surface area contributed by atoms with Gasteiger partial charge in [0.1, 0.15) is 5.76 Å². The molecular formula is C8H13NO2. The molecule has 1 N–H and O–H groups in total. The molecule has 1 aromatic heterocycles. The fraction of sp³-hybridized carbons (Fsp3) is 0.625. The van der Waals surface area contributed by atoms with E-state index in [0.717, 1.165) is 11.5 Å². The van der Waals surface area contributed by atoms with E-state index in [0.29, 0.717) is 0 Å². The van der Waals surface area contributed by atoms with E-state index < -0.39 is 0 Å². The molecule has 0 aromatic carbocycles. The van der Waals surface area contributed by atoms with Crippen LogP contribution in [0.1, 0.15) is 25.3 Å². The molecule has 1 heterocycles. The molecular weight excluding hydrogens is 142 g/mol. The minimum absolute atomic E-state index is 0.0823. The van der Waals surface area contributed by atoms with E-state index in [2.05, 4.69) is 5.16 Å². The first-order valence-electron chi connectivity index (χ1n) is 3.61. The van der Waals surface area contributed by atoms with Crippen LogP contribution in [0.15, 0.2) is 10.6 Å². The van der Waals surface area contributed by atoms with Crippen molar-refractivity contribution < 1.29 is 9.63 Å². The summed E-state index contributed by atoms with van der Waals surface area (Å²) in [7, 11) is 0. The van der Waals surface area contributed by atoms with E-state index in [1.54, 1.807) is 0 Å². The van der Waals surface area contributed by atoms with Crippen molar-refractivity contribution in [1.82, 2.24) is 5.16 Å². The zero-order valence-corrected chi connectivity index (χ0v) is 7.09. The third kappa shape index (κ3) is 1.60. The maximum Gasteiger partial charge on any atom is 0.133 e. The van der Waals surface area contributed by atoms with Crippen molar-refractivity contribution in [2.75, 3.05) is 6.61 Å². The van der Waals surface area contributed by atoms with Crippen LogP contribution in [0, 0.1) is 6.92 Å². The molecule has 1 aromatic rings. The maximum atomic E-state index is 8.98. The van der Waals surface area contributed by atoms with E-state index in [-0.39, 0.29) is 12.0 Å². The van der Waals surface area contributed by atoms with Crippen LogP contribution in [0.3, 0.4) is 0 Å². The highest BCUT2D eigenvalue weighted by molar-refractivity contribution is 5.14. The number of aliphatic hydroxyl groups is 1. The molecule has 0 aliphatic carbocycles. The highest BCUT2D eigenvalue weighted by Gasteiger charge is 2.22. The van der Waals surface area contributed by atoms with Gasteiger partial charge in [0.25, 0.3) is 0 Å². The number of aliphatic hydroxyl groups excluding tert-OH is 1. The third-order valence-electron chi connectivity index (χ3n) is 1.72. The SMILES string of the molecule is Cc1cc(C(C)(C)CO)no1. The summed E-state index contributed by atoms with van der Waals surface area (Å²) in [6, 6.07) is 1.84. The van der Waals surface area contributed by atoms with Crippen molar-refractivity contribution in [3.05, 3.63) is 17.5 Å². The Labute approximate surface area is 66.0 Å². The summed E-state index contributed by atoms with van der Waals surface area (Å²) in [5, 5.41) is 12.8. The first-order chi connectivity index (χ1) is 5.06. The largest absolute Gasteiger partial charge is 0.395 e. The van der Waals surface area contributed by atoms with Crippen LogP contribution in [0.5, 0.6) is 0 Å². The molecule has 0 amide bonds. The van der Waals surface area contributed by atoms with Gasteiger partial charge in [0.05, 0.1) is 12.3 Å². The van der Waals surface area contributed by atoms with Crippen molar-refractivity contribution in [3.8, 4) is 0 Å². The van der Waals surface area contributed by atoms with Crippen LogP contribution < -0.4 is 0 Å². The van der Waals surface area contributed by atoms with Crippen LogP contribution in [0.2, 0.25) is 0 Å². The molecule has 62 valence electrons. The van der Waals surface area contributed by atoms with E-state index >= 15 is 0 Å². The number of rotatable bonds is 2. The van der Waals surface area contributed by atoms with Crippen molar-refractivity contribution >= 4 is 0 Å². The molecule has 0 radical (unpaired) electrons. The van der Waals surface area contributed by atoms with Gasteiger partial charge in [-0.15, -0.1) is 0 Å². The summed E-state index contributed by atoms with van der Waals surface area (Å²) in [6.45, 7) is 5.76. The van der Waals surface area contributed by atoms with Crippen LogP contribution >= 0.6 is 0 Å². The third-order valence-corrected chi connectivity index (χ3v) is 1.72. The molecule has 0 fully saturated rings. The zero-order chi connectivity index (χ0) is 8.48. The molecule has 0 saturated heterocycles. The summed E-state index contributed by atoms with van der Waals surface area (Å²) >= 11 is 0. The second-order valence-corrected chi connectivity index (χ2v) is 3.36. The van der Waals surface area contributed by atoms with E-state index in [4.69, 9.17) is 9.63 Å². The molecule has 0 atom stereocenters. The Morgan fingerprint density at radius 3 is 2.64 bits per heavy atom. The second-order valence-electron chi connectivity index (χ2n) is 3.36. The highest BCUT2D eigenvalue weighted by atomic mass is 16.5. The predicted octanol–water partition coefficient (Wildman–Crippen LogP) is 1.25. The lowest BCUT2D eigenvalue weighted by atomic mass is 9.90. The van der Waals surface area contributed by atoms with Crippen molar-refractivity contribution in [3.63, 3.8) is 0 Å². The molecule has 0 unspecified atom stereocenters. The van der Waals surface area contributed by atoms with Crippen molar-refractivity contribution in [2.45, 2.75) is 26.2 Å². The fourth-order valence-electron chi connectivity index (χ4n) is 0.766. The van der Waals surface area contributed by atoms with E-state index in [1.807, 2.05) is 26.8 Å². The summed E-state index contributed by atoms with van der Waals surface area (Å²) < 4.78 is 4.89. The minimum atomic E-state index is -0.294. The van der Waals surface area contributed by atoms with Crippen LogP contribution in [0.25, 0.3) is 0 Å². The molecule has 0 aliphatic rings. The normalized spacial score (nSPS) is 12.0. The zero-order valence-electron chi connectivity index (χ0n) is 7.09. The Bertz CT molecular complexity index is 240. The average molecular weight is 155 g/mol. The van der Waals surface area contributed by atoms with Crippen LogP contribution in [-0.4, -0.2) is 16.9 Å². The minimum Gasteiger partial charge on any atom is -0.395 e. The van der Waals surface area contributed by atoms with E-state index in [9.17, 15) is 0 Å². The molecule has 0 spiro atoms. The highest BCUT2D eigenvalue weighted by Crippen LogP contribution is 2.21. The predicted molar refractivity (Wildman–Crippen MR) is 41.4 cm³/mol. The van der Waals surface area contributed by atoms with Crippen LogP contribution in [-0.2, 0) is 5.41 Å². The summed E-state index contributed by atoms with van der Waals surface area (Å²) in [5.74, 6) is 0.779. The Balaban J connectivity index is 2.92. The summed E-state index contributed by atoms with van der Waals surface area (Å²) in [4.78, 5) is 0. The number of nitrogens with zero attached hydrogens (tertiary/aromatic N) is 1. The lowest BCUT2D eigenvalue weighted by Gasteiger charge is -2.16. The first kappa shape index (κ1) is 8.27. The summed E-state index contributed by atoms with van der Waals surface area (Å²) in [5.41, 5.74) is 0.509. The number of hydrogen-bond donors (Lipinski definition) is 1. The molecule has 3 nitrogen and oxygen atoms in total. The quantitative estimate of drug-likeness (QED) is 0.699. The van der Waals surface area contributed by atoms with Gasteiger partial charge in [-0.2, -0.15) is 0 Å². The van der Waals surface area contributed by atoms with Gasteiger partial charge >= 0.3 is 0 Å². The molecule has 3 heteroatoms. The number of aryl methyl sites for hydroxylation is 1. The molecule has 0 bridgehead atoms. The Morgan fingerprint density at radius 1 is 1.64 bits per heavy atom. The second kappa shape index (κ2) is 2.66. The van der Waals surface area contributed by atoms with Gasteiger partial charge < -0.3 is 9.63 Å². The van der Waals surface area contributed by atoms with Gasteiger partial charge in [0, 0.05) is 11.5 Å². The van der Waals surface area contributed by atoms with Gasteiger partial charge in [0.2, 0.25) is 0 Å². The maximum absolute atomic E-state index is 8.98.